The Morgan fingerprint density at radius 1 is 1.17 bits per heavy atom. The zero-order valence-electron chi connectivity index (χ0n) is 20.4. The van der Waals surface area contributed by atoms with Crippen LogP contribution in [0.1, 0.15) is 60.1 Å². The van der Waals surface area contributed by atoms with Gasteiger partial charge in [-0.3, -0.25) is 0 Å². The van der Waals surface area contributed by atoms with E-state index in [1.165, 1.54) is 12.4 Å². The number of H-pyrrole nitrogens is 1. The van der Waals surface area contributed by atoms with Crippen molar-refractivity contribution in [1.82, 2.24) is 20.3 Å². The van der Waals surface area contributed by atoms with E-state index in [-0.39, 0.29) is 16.4 Å². The summed E-state index contributed by atoms with van der Waals surface area (Å²) in [6.45, 7) is 4.13. The van der Waals surface area contributed by atoms with E-state index in [1.807, 2.05) is 6.92 Å². The minimum atomic E-state index is -0.993. The van der Waals surface area contributed by atoms with Crippen molar-refractivity contribution in [1.29, 1.82) is 0 Å². The van der Waals surface area contributed by atoms with Gasteiger partial charge in [0, 0.05) is 0 Å². The maximum atomic E-state index is 14.4. The molecule has 1 unspecified atom stereocenters. The van der Waals surface area contributed by atoms with E-state index in [1.54, 1.807) is 13.0 Å². The summed E-state index contributed by atoms with van der Waals surface area (Å²) in [4.78, 5) is 36.7. The molecule has 0 saturated heterocycles. The molecule has 2 aliphatic carbocycles. The SMILES string of the molecule is Cc1cc(-c2ncnc3c(C(=O)[AsH]C4CCC(NC(=O)O)CC4)c(C)[nH]c23)c(OCC2CC2)cc1F. The van der Waals surface area contributed by atoms with E-state index in [4.69, 9.17) is 9.84 Å². The first kappa shape index (κ1) is 24.7. The topological polar surface area (TPSA) is 117 Å². The zero-order valence-corrected chi connectivity index (χ0v) is 22.5. The number of carboxylic acid groups (broad SMARTS) is 1. The maximum absolute atomic E-state index is 14.4. The summed E-state index contributed by atoms with van der Waals surface area (Å²) >= 11 is -0.962. The number of hydrogen-bond donors (Lipinski definition) is 3. The number of rotatable bonds is 8. The normalized spacial score (nSPS) is 20.2. The number of carbonyl (C=O) groups excluding carboxylic acids is 1. The van der Waals surface area contributed by atoms with Gasteiger partial charge in [0.2, 0.25) is 0 Å². The Labute approximate surface area is 215 Å². The second-order valence-corrected chi connectivity index (χ2v) is 13.2. The van der Waals surface area contributed by atoms with E-state index in [2.05, 4.69) is 20.3 Å². The van der Waals surface area contributed by atoms with Crippen molar-refractivity contribution < 1.29 is 23.8 Å². The fourth-order valence-electron chi connectivity index (χ4n) is 4.88. The first-order valence-electron chi connectivity index (χ1n) is 12.4. The number of aryl methyl sites for hydroxylation is 2. The summed E-state index contributed by atoms with van der Waals surface area (Å²) in [6, 6.07) is 3.14. The molecule has 0 spiro atoms. The molecule has 0 aliphatic heterocycles. The molecule has 0 bridgehead atoms. The summed E-state index contributed by atoms with van der Waals surface area (Å²) in [5.41, 5.74) is 4.37. The van der Waals surface area contributed by atoms with E-state index in [0.717, 1.165) is 44.2 Å². The Hall–Kier alpha value is -2.93. The molecule has 190 valence electrons. The van der Waals surface area contributed by atoms with E-state index in [9.17, 15) is 14.0 Å². The number of nitrogens with zero attached hydrogens (tertiary/aromatic N) is 2. The molecule has 3 aromatic rings. The van der Waals surface area contributed by atoms with Crippen LogP contribution in [0, 0.1) is 25.6 Å². The Balaban J connectivity index is 1.42. The van der Waals surface area contributed by atoms with Crippen LogP contribution in [0.25, 0.3) is 22.3 Å². The summed E-state index contributed by atoms with van der Waals surface area (Å²) < 4.78 is 20.9. The van der Waals surface area contributed by atoms with Crippen LogP contribution < -0.4 is 10.1 Å². The quantitative estimate of drug-likeness (QED) is 0.345. The Kier molecular flexibility index (Phi) is 7.02. The van der Waals surface area contributed by atoms with Gasteiger partial charge in [0.1, 0.15) is 0 Å². The van der Waals surface area contributed by atoms with Gasteiger partial charge in [0.15, 0.2) is 0 Å². The van der Waals surface area contributed by atoms with Gasteiger partial charge in [-0.05, 0) is 0 Å². The molecule has 2 fully saturated rings. The molecule has 2 heterocycles. The van der Waals surface area contributed by atoms with Crippen molar-refractivity contribution in [2.75, 3.05) is 6.61 Å². The van der Waals surface area contributed by atoms with Crippen LogP contribution >= 0.6 is 0 Å². The van der Waals surface area contributed by atoms with Crippen molar-refractivity contribution in [3.8, 4) is 17.0 Å². The number of hydrogen-bond acceptors (Lipinski definition) is 5. The van der Waals surface area contributed by atoms with Crippen LogP contribution in [-0.4, -0.2) is 59.1 Å². The molecule has 8 nitrogen and oxygen atoms in total. The molecule has 1 amide bonds. The summed E-state index contributed by atoms with van der Waals surface area (Å²) in [5.74, 6) is 0.640. The van der Waals surface area contributed by atoms with Crippen molar-refractivity contribution in [3.05, 3.63) is 41.1 Å². The van der Waals surface area contributed by atoms with Crippen molar-refractivity contribution in [2.45, 2.75) is 63.1 Å². The summed E-state index contributed by atoms with van der Waals surface area (Å²) in [7, 11) is 0. The van der Waals surface area contributed by atoms with Crippen LogP contribution in [0.3, 0.4) is 0 Å². The number of aromatic nitrogens is 3. The van der Waals surface area contributed by atoms with Gasteiger partial charge in [-0.15, -0.1) is 0 Å². The van der Waals surface area contributed by atoms with Gasteiger partial charge in [-0.25, -0.2) is 0 Å². The molecule has 1 atom stereocenters. The third-order valence-electron chi connectivity index (χ3n) is 7.08. The molecule has 2 aromatic heterocycles. The Morgan fingerprint density at radius 2 is 1.92 bits per heavy atom. The molecule has 0 radical (unpaired) electrons. The minimum absolute atomic E-state index is 0.0268. The number of carbonyl (C=O) groups is 2. The first-order valence-corrected chi connectivity index (χ1v) is 14.6. The monoisotopic (exact) mass is 556 g/mol. The predicted octanol–water partition coefficient (Wildman–Crippen LogP) is 4.75. The van der Waals surface area contributed by atoms with E-state index in [0.29, 0.717) is 56.4 Å². The molecular weight excluding hydrogens is 526 g/mol. The van der Waals surface area contributed by atoms with Crippen molar-refractivity contribution >= 4 is 37.4 Å². The number of amides is 1. The average molecular weight is 556 g/mol. The molecule has 3 N–H and O–H groups in total. The predicted molar refractivity (Wildman–Crippen MR) is 136 cm³/mol. The molecule has 2 saturated carbocycles. The molecule has 5 rings (SSSR count). The number of ether oxygens (including phenoxy) is 1. The van der Waals surface area contributed by atoms with Gasteiger partial charge in [0.25, 0.3) is 0 Å². The van der Waals surface area contributed by atoms with Crippen LogP contribution in [-0.2, 0) is 0 Å². The van der Waals surface area contributed by atoms with Gasteiger partial charge >= 0.3 is 215 Å². The summed E-state index contributed by atoms with van der Waals surface area (Å²) in [6.07, 6.45) is 5.96. The van der Waals surface area contributed by atoms with Crippen LogP contribution in [0.5, 0.6) is 5.75 Å². The number of nitrogens with one attached hydrogen (secondary N) is 2. The van der Waals surface area contributed by atoms with Gasteiger partial charge < -0.3 is 0 Å². The zero-order chi connectivity index (χ0) is 25.4. The van der Waals surface area contributed by atoms with E-state index >= 15 is 0 Å². The Bertz CT molecular complexity index is 1320. The number of fused-ring (bicyclic) bond motifs is 1. The average Bonchev–Trinajstić information content (AvgIpc) is 3.60. The molecule has 10 heteroatoms. The molecular formula is C26H30AsFN4O4. The van der Waals surface area contributed by atoms with Gasteiger partial charge in [-0.2, -0.15) is 0 Å². The standard InChI is InChI=1S/C26H30AsFN4O4/c1-13-9-18(20(10-19(13)28)36-11-15-3-4-15)22-24-23(30-12-29-22)21(14(2)31-24)25(33)27-16-5-7-17(8-6-16)32-26(34)35/h9-10,12,15-17,27,31-32H,3-8,11H2,1-2H3,(H,34,35). The Morgan fingerprint density at radius 3 is 2.61 bits per heavy atom. The van der Waals surface area contributed by atoms with Crippen molar-refractivity contribution in [3.63, 3.8) is 0 Å². The van der Waals surface area contributed by atoms with Crippen molar-refractivity contribution in [2.24, 2.45) is 5.92 Å². The summed E-state index contributed by atoms with van der Waals surface area (Å²) in [5, 5.41) is 11.5. The number of halogens is 1. The van der Waals surface area contributed by atoms with Crippen LogP contribution in [0.15, 0.2) is 18.5 Å². The van der Waals surface area contributed by atoms with E-state index < -0.39 is 21.8 Å². The van der Waals surface area contributed by atoms with Crippen LogP contribution in [0.4, 0.5) is 9.18 Å². The van der Waals surface area contributed by atoms with Gasteiger partial charge in [0.05, 0.1) is 0 Å². The third-order valence-corrected chi connectivity index (χ3v) is 10.2. The second kappa shape index (κ2) is 10.2. The number of benzene rings is 1. The fourth-order valence-corrected chi connectivity index (χ4v) is 7.90. The molecule has 2 aliphatic rings. The first-order chi connectivity index (χ1) is 17.3. The second-order valence-electron chi connectivity index (χ2n) is 9.89. The molecule has 36 heavy (non-hydrogen) atoms. The number of aromatic amines is 1. The van der Waals surface area contributed by atoms with Gasteiger partial charge in [-0.1, -0.05) is 0 Å². The molecule has 1 aromatic carbocycles. The van der Waals surface area contributed by atoms with Crippen LogP contribution in [0.2, 0.25) is 4.71 Å². The fraction of sp³-hybridized carbons (Fsp3) is 0.462. The third kappa shape index (κ3) is 5.26.